The molecule has 94 valence electrons. The molecule has 0 saturated carbocycles. The van der Waals surface area contributed by atoms with Crippen LogP contribution in [0.5, 0.6) is 0 Å². The topological polar surface area (TPSA) is 38.3 Å². The Morgan fingerprint density at radius 1 is 1.53 bits per heavy atom. The average Bonchev–Trinajstić information content (AvgIpc) is 2.35. The molecule has 0 bridgehead atoms. The van der Waals surface area contributed by atoms with Crippen molar-refractivity contribution in [1.82, 2.24) is 0 Å². The third-order valence-corrected chi connectivity index (χ3v) is 3.25. The fraction of sp³-hybridized carbons (Fsp3) is 0.417. The quantitative estimate of drug-likeness (QED) is 0.638. The number of halogens is 1. The van der Waals surface area contributed by atoms with Crippen LogP contribution in [-0.4, -0.2) is 31.6 Å². The number of thioether (sulfide) groups is 1. The molecule has 3 nitrogen and oxygen atoms in total. The van der Waals surface area contributed by atoms with Gasteiger partial charge in [0.15, 0.2) is 0 Å². The molecule has 17 heavy (non-hydrogen) atoms. The molecule has 0 spiro atoms. The van der Waals surface area contributed by atoms with Crippen molar-refractivity contribution in [1.29, 1.82) is 0 Å². The highest BCUT2D eigenvalue weighted by Crippen LogP contribution is 2.23. The zero-order chi connectivity index (χ0) is 12.7. The number of anilines is 1. The predicted molar refractivity (Wildman–Crippen MR) is 74.3 cm³/mol. The fourth-order valence-corrected chi connectivity index (χ4v) is 1.96. The summed E-state index contributed by atoms with van der Waals surface area (Å²) in [6, 6.07) is 5.07. The highest BCUT2D eigenvalue weighted by Gasteiger charge is 2.08. The summed E-state index contributed by atoms with van der Waals surface area (Å²) in [7, 11) is 1.36. The number of carbonyl (C=O) groups excluding carboxylic acids is 1. The zero-order valence-electron chi connectivity index (χ0n) is 9.96. The van der Waals surface area contributed by atoms with E-state index in [2.05, 4.69) is 16.3 Å². The summed E-state index contributed by atoms with van der Waals surface area (Å²) in [5.41, 5.74) is 1.28. The summed E-state index contributed by atoms with van der Waals surface area (Å²) in [6.07, 6.45) is 3.13. The van der Waals surface area contributed by atoms with Crippen molar-refractivity contribution < 1.29 is 9.53 Å². The molecule has 1 aromatic rings. The maximum atomic E-state index is 11.4. The molecule has 0 aliphatic carbocycles. The molecule has 0 aliphatic rings. The first-order chi connectivity index (χ1) is 8.19. The van der Waals surface area contributed by atoms with E-state index in [1.54, 1.807) is 30.0 Å². The van der Waals surface area contributed by atoms with Crippen molar-refractivity contribution in [3.63, 3.8) is 0 Å². The molecule has 1 aromatic carbocycles. The Morgan fingerprint density at radius 3 is 2.94 bits per heavy atom. The summed E-state index contributed by atoms with van der Waals surface area (Å²) >= 11 is 7.84. The van der Waals surface area contributed by atoms with Gasteiger partial charge in [-0.2, -0.15) is 11.8 Å². The molecule has 0 aromatic heterocycles. The second-order valence-electron chi connectivity index (χ2n) is 3.46. The van der Waals surface area contributed by atoms with Gasteiger partial charge in [-0.25, -0.2) is 4.79 Å². The van der Waals surface area contributed by atoms with E-state index in [-0.39, 0.29) is 5.97 Å². The van der Waals surface area contributed by atoms with Crippen LogP contribution in [0.4, 0.5) is 5.69 Å². The molecule has 0 amide bonds. The van der Waals surface area contributed by atoms with Gasteiger partial charge in [-0.05, 0) is 36.6 Å². The van der Waals surface area contributed by atoms with E-state index in [9.17, 15) is 4.79 Å². The molecule has 1 N–H and O–H groups in total. The van der Waals surface area contributed by atoms with Crippen LogP contribution in [0.2, 0.25) is 5.02 Å². The van der Waals surface area contributed by atoms with Crippen LogP contribution in [0.15, 0.2) is 18.2 Å². The van der Waals surface area contributed by atoms with Crippen molar-refractivity contribution >= 4 is 35.0 Å². The first kappa shape index (κ1) is 14.2. The molecule has 0 atom stereocenters. The van der Waals surface area contributed by atoms with Crippen LogP contribution in [0.1, 0.15) is 16.8 Å². The highest BCUT2D eigenvalue weighted by atomic mass is 35.5. The van der Waals surface area contributed by atoms with Crippen molar-refractivity contribution in [3.05, 3.63) is 28.8 Å². The van der Waals surface area contributed by atoms with E-state index < -0.39 is 0 Å². The molecule has 0 saturated heterocycles. The number of benzene rings is 1. The van der Waals surface area contributed by atoms with Gasteiger partial charge in [0.1, 0.15) is 0 Å². The first-order valence-electron chi connectivity index (χ1n) is 5.29. The van der Waals surface area contributed by atoms with Gasteiger partial charge in [-0.15, -0.1) is 0 Å². The molecular weight excluding hydrogens is 258 g/mol. The van der Waals surface area contributed by atoms with Gasteiger partial charge in [-0.3, -0.25) is 0 Å². The summed E-state index contributed by atoms with van der Waals surface area (Å²) < 4.78 is 4.66. The second kappa shape index (κ2) is 7.45. The van der Waals surface area contributed by atoms with Crippen LogP contribution >= 0.6 is 23.4 Å². The fourth-order valence-electron chi connectivity index (χ4n) is 1.35. The SMILES string of the molecule is COC(=O)c1ccc(Cl)c(NCCCSC)c1. The van der Waals surface area contributed by atoms with Crippen LogP contribution in [-0.2, 0) is 4.74 Å². The molecule has 0 radical (unpaired) electrons. The van der Waals surface area contributed by atoms with Crippen molar-refractivity contribution in [2.45, 2.75) is 6.42 Å². The lowest BCUT2D eigenvalue weighted by Gasteiger charge is -2.09. The minimum atomic E-state index is -0.353. The maximum Gasteiger partial charge on any atom is 0.337 e. The number of esters is 1. The number of hydrogen-bond acceptors (Lipinski definition) is 4. The Bertz CT molecular complexity index is 385. The minimum absolute atomic E-state index is 0.353. The minimum Gasteiger partial charge on any atom is -0.465 e. The summed E-state index contributed by atoms with van der Waals surface area (Å²) in [5, 5.41) is 3.83. The van der Waals surface area contributed by atoms with Gasteiger partial charge in [0.05, 0.1) is 23.4 Å². The number of carbonyl (C=O) groups is 1. The van der Waals surface area contributed by atoms with Gasteiger partial charge < -0.3 is 10.1 Å². The lowest BCUT2D eigenvalue weighted by Crippen LogP contribution is -2.06. The molecule has 0 fully saturated rings. The third-order valence-electron chi connectivity index (χ3n) is 2.23. The molecule has 0 unspecified atom stereocenters. The van der Waals surface area contributed by atoms with Gasteiger partial charge in [0.2, 0.25) is 0 Å². The first-order valence-corrected chi connectivity index (χ1v) is 7.07. The van der Waals surface area contributed by atoms with Crippen LogP contribution < -0.4 is 5.32 Å². The van der Waals surface area contributed by atoms with E-state index in [1.807, 2.05) is 0 Å². The normalized spacial score (nSPS) is 10.1. The molecule has 0 aliphatic heterocycles. The molecule has 0 heterocycles. The lowest BCUT2D eigenvalue weighted by atomic mass is 10.2. The summed E-state index contributed by atoms with van der Waals surface area (Å²) in [6.45, 7) is 0.838. The van der Waals surface area contributed by atoms with E-state index in [0.29, 0.717) is 10.6 Å². The Hall–Kier alpha value is -0.870. The Kier molecular flexibility index (Phi) is 6.22. The number of methoxy groups -OCH3 is 1. The molecule has 1 rings (SSSR count). The standard InChI is InChI=1S/C12H16ClNO2S/c1-16-12(15)9-4-5-10(13)11(8-9)14-6-3-7-17-2/h4-5,8,14H,3,6-7H2,1-2H3. The van der Waals surface area contributed by atoms with E-state index >= 15 is 0 Å². The average molecular weight is 274 g/mol. The number of rotatable bonds is 6. The number of ether oxygens (including phenoxy) is 1. The summed E-state index contributed by atoms with van der Waals surface area (Å²) in [5.74, 6) is 0.746. The van der Waals surface area contributed by atoms with Gasteiger partial charge >= 0.3 is 5.97 Å². The smallest absolute Gasteiger partial charge is 0.337 e. The highest BCUT2D eigenvalue weighted by molar-refractivity contribution is 7.98. The Morgan fingerprint density at radius 2 is 2.29 bits per heavy atom. The van der Waals surface area contributed by atoms with Crippen molar-refractivity contribution in [2.24, 2.45) is 0 Å². The zero-order valence-corrected chi connectivity index (χ0v) is 11.5. The monoisotopic (exact) mass is 273 g/mol. The Labute approximate surface area is 111 Å². The van der Waals surface area contributed by atoms with Crippen LogP contribution in [0.25, 0.3) is 0 Å². The van der Waals surface area contributed by atoms with Gasteiger partial charge in [0.25, 0.3) is 0 Å². The summed E-state index contributed by atoms with van der Waals surface area (Å²) in [4.78, 5) is 11.4. The van der Waals surface area contributed by atoms with Crippen LogP contribution in [0.3, 0.4) is 0 Å². The second-order valence-corrected chi connectivity index (χ2v) is 4.85. The van der Waals surface area contributed by atoms with Gasteiger partial charge in [-0.1, -0.05) is 11.6 Å². The van der Waals surface area contributed by atoms with E-state index in [4.69, 9.17) is 11.6 Å². The molecule has 5 heteroatoms. The van der Waals surface area contributed by atoms with Crippen molar-refractivity contribution in [3.8, 4) is 0 Å². The van der Waals surface area contributed by atoms with Gasteiger partial charge in [0, 0.05) is 6.54 Å². The number of nitrogens with one attached hydrogen (secondary N) is 1. The predicted octanol–water partition coefficient (Wildman–Crippen LogP) is 3.29. The lowest BCUT2D eigenvalue weighted by molar-refractivity contribution is 0.0601. The Balaban J connectivity index is 2.66. The number of hydrogen-bond donors (Lipinski definition) is 1. The maximum absolute atomic E-state index is 11.4. The van der Waals surface area contributed by atoms with E-state index in [1.165, 1.54) is 7.11 Å². The molecular formula is C12H16ClNO2S. The van der Waals surface area contributed by atoms with Crippen molar-refractivity contribution in [2.75, 3.05) is 31.0 Å². The van der Waals surface area contributed by atoms with Crippen LogP contribution in [0, 0.1) is 0 Å². The van der Waals surface area contributed by atoms with E-state index in [0.717, 1.165) is 24.4 Å². The third kappa shape index (κ3) is 4.48. The largest absolute Gasteiger partial charge is 0.465 e.